The molecule has 4 heteroatoms. The maximum absolute atomic E-state index is 10.4. The summed E-state index contributed by atoms with van der Waals surface area (Å²) in [4.78, 5) is 10.4. The van der Waals surface area contributed by atoms with Crippen molar-refractivity contribution in [2.75, 3.05) is 13.2 Å². The highest BCUT2D eigenvalue weighted by Gasteiger charge is 2.20. The van der Waals surface area contributed by atoms with Crippen LogP contribution < -0.4 is 0 Å². The van der Waals surface area contributed by atoms with Crippen LogP contribution in [0, 0.1) is 0 Å². The average molecular weight is 176 g/mol. The van der Waals surface area contributed by atoms with Crippen LogP contribution in [-0.4, -0.2) is 35.5 Å². The van der Waals surface area contributed by atoms with Crippen LogP contribution in [0.4, 0.5) is 0 Å². The number of rotatable bonds is 2. The van der Waals surface area contributed by atoms with E-state index >= 15 is 0 Å². The number of esters is 1. The fourth-order valence-electron chi connectivity index (χ4n) is 0.870. The minimum absolute atomic E-state index is 0.0307. The van der Waals surface area contributed by atoms with Crippen LogP contribution in [-0.2, 0) is 9.53 Å². The van der Waals surface area contributed by atoms with Crippen LogP contribution >= 0.6 is 0 Å². The third-order valence-electron chi connectivity index (χ3n) is 1.52. The van der Waals surface area contributed by atoms with Crippen LogP contribution in [0.1, 0.15) is 26.2 Å². The molecule has 0 aromatic rings. The second-order valence-corrected chi connectivity index (χ2v) is 2.51. The monoisotopic (exact) mass is 176 g/mol. The molecule has 0 amide bonds. The predicted molar refractivity (Wildman–Crippen MR) is 43.6 cm³/mol. The normalized spacial score (nSPS) is 21.2. The number of ether oxygens (including phenoxy) is 1. The summed E-state index contributed by atoms with van der Waals surface area (Å²) in [5.41, 5.74) is 0. The van der Waals surface area contributed by atoms with Gasteiger partial charge in [-0.2, -0.15) is 0 Å². The van der Waals surface area contributed by atoms with Gasteiger partial charge in [-0.1, -0.05) is 6.92 Å². The van der Waals surface area contributed by atoms with E-state index in [1.807, 2.05) is 6.92 Å². The second-order valence-electron chi connectivity index (χ2n) is 2.51. The van der Waals surface area contributed by atoms with Crippen molar-refractivity contribution in [2.45, 2.75) is 32.3 Å². The fraction of sp³-hybridized carbons (Fsp3) is 0.875. The SMILES string of the molecule is CCC1CCC(=O)O1.OCCO. The van der Waals surface area contributed by atoms with Gasteiger partial charge in [0.1, 0.15) is 6.10 Å². The molecule has 4 nitrogen and oxygen atoms in total. The summed E-state index contributed by atoms with van der Waals surface area (Å²) in [5.74, 6) is -0.0307. The molecule has 1 atom stereocenters. The van der Waals surface area contributed by atoms with E-state index in [-0.39, 0.29) is 25.3 Å². The molecule has 1 heterocycles. The lowest BCUT2D eigenvalue weighted by molar-refractivity contribution is -0.141. The Balaban J connectivity index is 0.000000261. The van der Waals surface area contributed by atoms with Crippen LogP contribution in [0.5, 0.6) is 0 Å². The Bertz CT molecular complexity index is 122. The van der Waals surface area contributed by atoms with Gasteiger partial charge in [0.25, 0.3) is 0 Å². The average Bonchev–Trinajstić information content (AvgIpc) is 2.52. The lowest BCUT2D eigenvalue weighted by Crippen LogP contribution is -2.03. The number of aliphatic hydroxyl groups excluding tert-OH is 2. The van der Waals surface area contributed by atoms with Gasteiger partial charge >= 0.3 is 5.97 Å². The van der Waals surface area contributed by atoms with Gasteiger partial charge in [-0.3, -0.25) is 4.79 Å². The van der Waals surface area contributed by atoms with E-state index in [9.17, 15) is 4.79 Å². The van der Waals surface area contributed by atoms with Gasteiger partial charge in [0.05, 0.1) is 13.2 Å². The minimum Gasteiger partial charge on any atom is -0.462 e. The highest BCUT2D eigenvalue weighted by atomic mass is 16.5. The van der Waals surface area contributed by atoms with E-state index in [0.717, 1.165) is 12.8 Å². The van der Waals surface area contributed by atoms with Crippen LogP contribution in [0.15, 0.2) is 0 Å². The van der Waals surface area contributed by atoms with Crippen molar-refractivity contribution in [2.24, 2.45) is 0 Å². The zero-order valence-corrected chi connectivity index (χ0v) is 7.32. The Kier molecular flexibility index (Phi) is 6.70. The van der Waals surface area contributed by atoms with E-state index in [4.69, 9.17) is 14.9 Å². The Hall–Kier alpha value is -0.610. The molecule has 1 rings (SSSR count). The first-order valence-corrected chi connectivity index (χ1v) is 4.15. The first kappa shape index (κ1) is 11.4. The summed E-state index contributed by atoms with van der Waals surface area (Å²) >= 11 is 0. The van der Waals surface area contributed by atoms with E-state index in [2.05, 4.69) is 0 Å². The molecular weight excluding hydrogens is 160 g/mol. The molecule has 0 aliphatic carbocycles. The van der Waals surface area contributed by atoms with Crippen LogP contribution in [0.3, 0.4) is 0 Å². The molecule has 1 fully saturated rings. The highest BCUT2D eigenvalue weighted by molar-refractivity contribution is 5.71. The van der Waals surface area contributed by atoms with E-state index in [1.165, 1.54) is 0 Å². The highest BCUT2D eigenvalue weighted by Crippen LogP contribution is 2.15. The first-order chi connectivity index (χ1) is 5.74. The van der Waals surface area contributed by atoms with Crippen LogP contribution in [0.25, 0.3) is 0 Å². The summed E-state index contributed by atoms with van der Waals surface area (Å²) in [5, 5.41) is 15.2. The molecule has 0 radical (unpaired) electrons. The summed E-state index contributed by atoms with van der Waals surface area (Å²) in [6.07, 6.45) is 2.74. The van der Waals surface area contributed by atoms with Crippen molar-refractivity contribution in [1.29, 1.82) is 0 Å². The van der Waals surface area contributed by atoms with Crippen LogP contribution in [0.2, 0.25) is 0 Å². The van der Waals surface area contributed by atoms with Gasteiger partial charge in [0, 0.05) is 6.42 Å². The van der Waals surface area contributed by atoms with Gasteiger partial charge < -0.3 is 14.9 Å². The van der Waals surface area contributed by atoms with Gasteiger partial charge in [-0.25, -0.2) is 0 Å². The molecule has 1 aliphatic rings. The fourth-order valence-corrected chi connectivity index (χ4v) is 0.870. The molecular formula is C8H16O4. The lowest BCUT2D eigenvalue weighted by atomic mass is 10.2. The van der Waals surface area contributed by atoms with E-state index < -0.39 is 0 Å². The number of aliphatic hydroxyl groups is 2. The zero-order chi connectivity index (χ0) is 9.40. The Morgan fingerprint density at radius 2 is 2.08 bits per heavy atom. The molecule has 1 unspecified atom stereocenters. The van der Waals surface area contributed by atoms with Gasteiger partial charge in [0.2, 0.25) is 0 Å². The maximum Gasteiger partial charge on any atom is 0.306 e. The van der Waals surface area contributed by atoms with E-state index in [1.54, 1.807) is 0 Å². The molecule has 1 saturated heterocycles. The minimum atomic E-state index is -0.125. The molecule has 0 bridgehead atoms. The number of cyclic esters (lactones) is 1. The molecule has 0 saturated carbocycles. The maximum atomic E-state index is 10.4. The van der Waals surface area contributed by atoms with Gasteiger partial charge in [-0.05, 0) is 12.8 Å². The number of hydrogen-bond acceptors (Lipinski definition) is 4. The predicted octanol–water partition coefficient (Wildman–Crippen LogP) is 0.0730. The number of carbonyl (C=O) groups excluding carboxylic acids is 1. The largest absolute Gasteiger partial charge is 0.462 e. The van der Waals surface area contributed by atoms with Crippen molar-refractivity contribution in [3.63, 3.8) is 0 Å². The van der Waals surface area contributed by atoms with Crippen molar-refractivity contribution in [1.82, 2.24) is 0 Å². The third kappa shape index (κ3) is 5.09. The van der Waals surface area contributed by atoms with Crippen molar-refractivity contribution in [3.05, 3.63) is 0 Å². The van der Waals surface area contributed by atoms with Gasteiger partial charge in [-0.15, -0.1) is 0 Å². The quantitative estimate of drug-likeness (QED) is 0.584. The topological polar surface area (TPSA) is 66.8 Å². The lowest BCUT2D eigenvalue weighted by Gasteiger charge is -2.01. The number of carbonyl (C=O) groups is 1. The van der Waals surface area contributed by atoms with Crippen molar-refractivity contribution >= 4 is 5.97 Å². The van der Waals surface area contributed by atoms with Crippen molar-refractivity contribution < 1.29 is 19.7 Å². The molecule has 1 aliphatic heterocycles. The summed E-state index contributed by atoms with van der Waals surface area (Å²) < 4.78 is 4.87. The third-order valence-corrected chi connectivity index (χ3v) is 1.52. The van der Waals surface area contributed by atoms with Crippen molar-refractivity contribution in [3.8, 4) is 0 Å². The molecule has 12 heavy (non-hydrogen) atoms. The second kappa shape index (κ2) is 7.06. The summed E-state index contributed by atoms with van der Waals surface area (Å²) in [6, 6.07) is 0. The standard InChI is InChI=1S/C6H10O2.C2H6O2/c1-2-5-3-4-6(7)8-5;3-1-2-4/h5H,2-4H2,1H3;3-4H,1-2H2. The smallest absolute Gasteiger partial charge is 0.306 e. The van der Waals surface area contributed by atoms with E-state index in [0.29, 0.717) is 6.42 Å². The molecule has 2 N–H and O–H groups in total. The summed E-state index contributed by atoms with van der Waals surface area (Å²) in [7, 11) is 0. The summed E-state index contributed by atoms with van der Waals surface area (Å²) in [6.45, 7) is 1.78. The molecule has 0 aromatic heterocycles. The molecule has 72 valence electrons. The Morgan fingerprint density at radius 3 is 2.25 bits per heavy atom. The first-order valence-electron chi connectivity index (χ1n) is 4.15. The molecule has 0 aromatic carbocycles. The zero-order valence-electron chi connectivity index (χ0n) is 7.32. The number of hydrogen-bond donors (Lipinski definition) is 2. The Morgan fingerprint density at radius 1 is 1.50 bits per heavy atom. The molecule has 0 spiro atoms. The Labute approximate surface area is 72.2 Å². The van der Waals surface area contributed by atoms with Gasteiger partial charge in [0.15, 0.2) is 0 Å².